The number of anilines is 1. The van der Waals surface area contributed by atoms with E-state index in [-0.39, 0.29) is 5.97 Å². The minimum atomic E-state index is -0.583. The first-order valence-electron chi connectivity index (χ1n) is 7.88. The van der Waals surface area contributed by atoms with Gasteiger partial charge in [-0.1, -0.05) is 12.1 Å². The lowest BCUT2D eigenvalue weighted by molar-refractivity contribution is -0.155. The third kappa shape index (κ3) is 2.64. The third-order valence-corrected chi connectivity index (χ3v) is 4.78. The molecule has 2 bridgehead atoms. The van der Waals surface area contributed by atoms with Crippen molar-refractivity contribution in [3.63, 3.8) is 0 Å². The Morgan fingerprint density at radius 1 is 1.43 bits per heavy atom. The van der Waals surface area contributed by atoms with Gasteiger partial charge in [0.05, 0.1) is 6.61 Å². The maximum absolute atomic E-state index is 12.7. The van der Waals surface area contributed by atoms with Crippen LogP contribution in [0.15, 0.2) is 24.3 Å². The van der Waals surface area contributed by atoms with Gasteiger partial charge in [-0.2, -0.15) is 0 Å². The number of benzene rings is 1. The van der Waals surface area contributed by atoms with Gasteiger partial charge in [0, 0.05) is 12.2 Å². The maximum atomic E-state index is 12.7. The zero-order chi connectivity index (χ0) is 14.9. The fourth-order valence-electron chi connectivity index (χ4n) is 3.73. The Balaban J connectivity index is 1.91. The molecule has 0 amide bonds. The molecule has 1 aromatic rings. The molecular formula is C17H24N2O2. The van der Waals surface area contributed by atoms with Crippen LogP contribution in [0.4, 0.5) is 5.69 Å². The van der Waals surface area contributed by atoms with E-state index in [1.165, 1.54) is 5.56 Å². The molecule has 0 radical (unpaired) electrons. The van der Waals surface area contributed by atoms with E-state index in [1.54, 1.807) is 0 Å². The van der Waals surface area contributed by atoms with Gasteiger partial charge >= 0.3 is 5.97 Å². The van der Waals surface area contributed by atoms with E-state index in [9.17, 15) is 4.79 Å². The third-order valence-electron chi connectivity index (χ3n) is 4.78. The molecule has 3 heterocycles. The molecule has 3 saturated heterocycles. The summed E-state index contributed by atoms with van der Waals surface area (Å²) in [5, 5.41) is 3.54. The van der Waals surface area contributed by atoms with Crippen LogP contribution in [-0.4, -0.2) is 42.6 Å². The highest BCUT2D eigenvalue weighted by Gasteiger charge is 2.53. The first kappa shape index (κ1) is 14.4. The van der Waals surface area contributed by atoms with Gasteiger partial charge in [0.15, 0.2) is 5.54 Å². The molecule has 1 aromatic carbocycles. The molecule has 1 unspecified atom stereocenters. The molecule has 114 valence electrons. The molecule has 0 spiro atoms. The van der Waals surface area contributed by atoms with Crippen LogP contribution in [0.3, 0.4) is 0 Å². The quantitative estimate of drug-likeness (QED) is 0.864. The lowest BCUT2D eigenvalue weighted by atomic mass is 9.72. The summed E-state index contributed by atoms with van der Waals surface area (Å²) in [7, 11) is 0. The Labute approximate surface area is 126 Å². The van der Waals surface area contributed by atoms with Gasteiger partial charge in [0.2, 0.25) is 0 Å². The number of ether oxygens (including phenoxy) is 1. The van der Waals surface area contributed by atoms with Crippen molar-refractivity contribution >= 4 is 11.7 Å². The molecule has 3 aliphatic rings. The van der Waals surface area contributed by atoms with Crippen molar-refractivity contribution in [2.24, 2.45) is 5.92 Å². The van der Waals surface area contributed by atoms with Crippen LogP contribution >= 0.6 is 0 Å². The highest BCUT2D eigenvalue weighted by atomic mass is 16.5. The number of hydrogen-bond donors (Lipinski definition) is 1. The second kappa shape index (κ2) is 5.68. The largest absolute Gasteiger partial charge is 0.464 e. The second-order valence-electron chi connectivity index (χ2n) is 6.24. The Kier molecular flexibility index (Phi) is 3.89. The van der Waals surface area contributed by atoms with E-state index in [0.29, 0.717) is 12.5 Å². The molecule has 21 heavy (non-hydrogen) atoms. The van der Waals surface area contributed by atoms with Crippen molar-refractivity contribution in [1.29, 1.82) is 0 Å². The monoisotopic (exact) mass is 288 g/mol. The summed E-state index contributed by atoms with van der Waals surface area (Å²) in [4.78, 5) is 15.1. The normalized spacial score (nSPS) is 31.0. The molecular weight excluding hydrogens is 264 g/mol. The molecule has 1 N–H and O–H groups in total. The van der Waals surface area contributed by atoms with Crippen LogP contribution in [0.2, 0.25) is 0 Å². The first-order valence-corrected chi connectivity index (χ1v) is 7.88. The summed E-state index contributed by atoms with van der Waals surface area (Å²) in [6.07, 6.45) is 2.13. The van der Waals surface area contributed by atoms with Crippen LogP contribution in [0.1, 0.15) is 25.3 Å². The SMILES string of the molecule is CCOC(=O)C1(Nc2cccc(C)c2)CN2CCC1CC2. The second-order valence-corrected chi connectivity index (χ2v) is 6.24. The average Bonchev–Trinajstić information content (AvgIpc) is 2.48. The van der Waals surface area contributed by atoms with Crippen molar-refractivity contribution in [2.75, 3.05) is 31.6 Å². The minimum Gasteiger partial charge on any atom is -0.464 e. The molecule has 4 heteroatoms. The average molecular weight is 288 g/mol. The van der Waals surface area contributed by atoms with Crippen LogP contribution in [0.5, 0.6) is 0 Å². The van der Waals surface area contributed by atoms with E-state index in [2.05, 4.69) is 29.3 Å². The van der Waals surface area contributed by atoms with E-state index in [1.807, 2.05) is 19.1 Å². The predicted molar refractivity (Wildman–Crippen MR) is 83.3 cm³/mol. The summed E-state index contributed by atoms with van der Waals surface area (Å²) in [5.74, 6) is 0.267. The Morgan fingerprint density at radius 3 is 2.76 bits per heavy atom. The smallest absolute Gasteiger partial charge is 0.333 e. The van der Waals surface area contributed by atoms with Crippen LogP contribution in [-0.2, 0) is 9.53 Å². The molecule has 0 aromatic heterocycles. The highest BCUT2D eigenvalue weighted by Crippen LogP contribution is 2.39. The van der Waals surface area contributed by atoms with E-state index in [4.69, 9.17) is 4.74 Å². The number of nitrogens with one attached hydrogen (secondary N) is 1. The summed E-state index contributed by atoms with van der Waals surface area (Å²) < 4.78 is 5.41. The number of nitrogens with zero attached hydrogens (tertiary/aromatic N) is 1. The van der Waals surface area contributed by atoms with E-state index < -0.39 is 5.54 Å². The molecule has 1 atom stereocenters. The molecule has 4 rings (SSSR count). The summed E-state index contributed by atoms with van der Waals surface area (Å²) in [6.45, 7) is 7.33. The number of aryl methyl sites for hydroxylation is 1. The van der Waals surface area contributed by atoms with Crippen molar-refractivity contribution in [1.82, 2.24) is 4.90 Å². The first-order chi connectivity index (χ1) is 10.1. The Bertz CT molecular complexity index is 523. The minimum absolute atomic E-state index is 0.0964. The fourth-order valence-corrected chi connectivity index (χ4v) is 3.73. The van der Waals surface area contributed by atoms with Gasteiger partial charge in [-0.25, -0.2) is 4.79 Å². The number of carbonyl (C=O) groups is 1. The lowest BCUT2D eigenvalue weighted by Gasteiger charge is -2.52. The number of esters is 1. The standard InChI is InChI=1S/C17H24N2O2/c1-3-21-16(20)17(12-19-9-7-14(17)8-10-19)18-15-6-4-5-13(2)11-15/h4-6,11,14,18H,3,7-10,12H2,1-2H3. The zero-order valence-corrected chi connectivity index (χ0v) is 12.9. The van der Waals surface area contributed by atoms with Crippen molar-refractivity contribution in [3.8, 4) is 0 Å². The lowest BCUT2D eigenvalue weighted by Crippen LogP contribution is -2.67. The Morgan fingerprint density at radius 2 is 2.19 bits per heavy atom. The van der Waals surface area contributed by atoms with Gasteiger partial charge in [-0.15, -0.1) is 0 Å². The van der Waals surface area contributed by atoms with Gasteiger partial charge in [0.25, 0.3) is 0 Å². The molecule has 3 fully saturated rings. The molecule has 0 saturated carbocycles. The fraction of sp³-hybridized carbons (Fsp3) is 0.588. The number of hydrogen-bond acceptors (Lipinski definition) is 4. The van der Waals surface area contributed by atoms with Crippen LogP contribution in [0, 0.1) is 12.8 Å². The van der Waals surface area contributed by atoms with E-state index in [0.717, 1.165) is 38.2 Å². The summed E-state index contributed by atoms with van der Waals surface area (Å²) in [5.41, 5.74) is 1.62. The number of carbonyl (C=O) groups excluding carboxylic acids is 1. The van der Waals surface area contributed by atoms with Crippen LogP contribution in [0.25, 0.3) is 0 Å². The topological polar surface area (TPSA) is 41.6 Å². The van der Waals surface area contributed by atoms with Crippen molar-refractivity contribution < 1.29 is 9.53 Å². The van der Waals surface area contributed by atoms with Gasteiger partial charge in [-0.05, 0) is 63.4 Å². The zero-order valence-electron chi connectivity index (χ0n) is 12.9. The molecule has 3 aliphatic heterocycles. The number of piperidine rings is 3. The predicted octanol–water partition coefficient (Wildman–Crippen LogP) is 2.43. The summed E-state index contributed by atoms with van der Waals surface area (Å²) >= 11 is 0. The Hall–Kier alpha value is -1.55. The summed E-state index contributed by atoms with van der Waals surface area (Å²) in [6, 6.07) is 8.22. The maximum Gasteiger partial charge on any atom is 0.333 e. The van der Waals surface area contributed by atoms with Gasteiger partial charge in [-0.3, -0.25) is 0 Å². The number of rotatable bonds is 4. The molecule has 4 nitrogen and oxygen atoms in total. The highest BCUT2D eigenvalue weighted by molar-refractivity contribution is 5.86. The van der Waals surface area contributed by atoms with E-state index >= 15 is 0 Å². The van der Waals surface area contributed by atoms with Crippen LogP contribution < -0.4 is 5.32 Å². The van der Waals surface area contributed by atoms with Crippen molar-refractivity contribution in [2.45, 2.75) is 32.2 Å². The number of fused-ring (bicyclic) bond motifs is 3. The van der Waals surface area contributed by atoms with Crippen molar-refractivity contribution in [3.05, 3.63) is 29.8 Å². The van der Waals surface area contributed by atoms with Gasteiger partial charge in [0.1, 0.15) is 0 Å². The van der Waals surface area contributed by atoms with Gasteiger partial charge < -0.3 is 15.0 Å². The molecule has 0 aliphatic carbocycles.